The number of aromatic amines is 1. The number of para-hydroxylation sites is 1. The molecule has 25 heavy (non-hydrogen) atoms. The van der Waals surface area contributed by atoms with E-state index in [0.29, 0.717) is 11.4 Å². The molecule has 4 aromatic rings. The summed E-state index contributed by atoms with van der Waals surface area (Å²) in [5.74, 6) is 0.892. The first kappa shape index (κ1) is 15.1. The van der Waals surface area contributed by atoms with Crippen LogP contribution in [0.25, 0.3) is 34.6 Å². The summed E-state index contributed by atoms with van der Waals surface area (Å²) in [6, 6.07) is 17.4. The molecule has 0 bridgehead atoms. The molecule has 0 unspecified atom stereocenters. The summed E-state index contributed by atoms with van der Waals surface area (Å²) in [6.07, 6.45) is 8.21. The lowest BCUT2D eigenvalue weighted by Gasteiger charge is -1.98. The van der Waals surface area contributed by atoms with Gasteiger partial charge >= 0.3 is 0 Å². The van der Waals surface area contributed by atoms with E-state index in [1.54, 1.807) is 12.1 Å². The zero-order chi connectivity index (χ0) is 17.2. The zero-order valence-corrected chi connectivity index (χ0v) is 13.8. The highest BCUT2D eigenvalue weighted by Crippen LogP contribution is 2.28. The molecule has 0 aliphatic heterocycles. The molecule has 0 aliphatic rings. The number of phenols is 1. The highest BCUT2D eigenvalue weighted by atomic mass is 16.3. The first-order valence-corrected chi connectivity index (χ1v) is 8.10. The Labute approximate surface area is 145 Å². The maximum Gasteiger partial charge on any atom is 0.169 e. The van der Waals surface area contributed by atoms with Gasteiger partial charge in [-0.05, 0) is 35.4 Å². The number of nitrogens with zero attached hydrogens (tertiary/aromatic N) is 2. The Kier molecular flexibility index (Phi) is 3.78. The normalized spacial score (nSPS) is 11.4. The Hall–Kier alpha value is -3.40. The van der Waals surface area contributed by atoms with Crippen molar-refractivity contribution >= 4 is 23.2 Å². The zero-order valence-electron chi connectivity index (χ0n) is 13.8. The van der Waals surface area contributed by atoms with Crippen LogP contribution in [0, 0.1) is 0 Å². The fourth-order valence-electron chi connectivity index (χ4n) is 2.75. The van der Waals surface area contributed by atoms with Crippen molar-refractivity contribution in [3.8, 4) is 17.1 Å². The first-order chi connectivity index (χ1) is 12.2. The highest BCUT2D eigenvalue weighted by molar-refractivity contribution is 5.84. The second-order valence-electron chi connectivity index (χ2n) is 6.01. The molecule has 2 aromatic carbocycles. The number of fused-ring (bicyclic) bond motifs is 1. The van der Waals surface area contributed by atoms with Gasteiger partial charge in [0.25, 0.3) is 0 Å². The summed E-state index contributed by atoms with van der Waals surface area (Å²) in [5, 5.41) is 10.0. The van der Waals surface area contributed by atoms with E-state index in [0.717, 1.165) is 22.2 Å². The summed E-state index contributed by atoms with van der Waals surface area (Å²) in [5.41, 5.74) is 4.76. The van der Waals surface area contributed by atoms with Crippen LogP contribution in [0.15, 0.2) is 67.0 Å². The number of aryl methyl sites for hydroxylation is 1. The Morgan fingerprint density at radius 1 is 0.960 bits per heavy atom. The molecule has 4 heteroatoms. The molecule has 122 valence electrons. The van der Waals surface area contributed by atoms with E-state index < -0.39 is 0 Å². The number of imidazole rings is 1. The molecule has 0 spiro atoms. The van der Waals surface area contributed by atoms with Crippen LogP contribution in [0.5, 0.6) is 5.75 Å². The second kappa shape index (κ2) is 6.24. The van der Waals surface area contributed by atoms with Gasteiger partial charge < -0.3 is 10.1 Å². The van der Waals surface area contributed by atoms with Crippen LogP contribution in [-0.2, 0) is 7.05 Å². The average molecular weight is 328 g/mol. The molecule has 0 amide bonds. The van der Waals surface area contributed by atoms with Gasteiger partial charge in [0.15, 0.2) is 12.4 Å². The van der Waals surface area contributed by atoms with Crippen molar-refractivity contribution in [2.45, 2.75) is 0 Å². The number of aromatic hydroxyl groups is 1. The van der Waals surface area contributed by atoms with Gasteiger partial charge in [0.1, 0.15) is 18.6 Å². The molecule has 2 N–H and O–H groups in total. The van der Waals surface area contributed by atoms with Gasteiger partial charge in [0.05, 0.1) is 16.6 Å². The van der Waals surface area contributed by atoms with E-state index in [1.807, 2.05) is 48.3 Å². The van der Waals surface area contributed by atoms with Crippen LogP contribution in [0.1, 0.15) is 11.1 Å². The predicted molar refractivity (Wildman–Crippen MR) is 99.7 cm³/mol. The van der Waals surface area contributed by atoms with E-state index in [1.165, 1.54) is 0 Å². The average Bonchev–Trinajstić information content (AvgIpc) is 3.04. The standard InChI is InChI=1S/C21H17N3O/c1-24-12-10-15(11-13-24)6-7-16-8-9-18-19(14-16)23-21(22-18)17-4-2-3-5-20(17)25/h2-14H,1H3,(H,23,25)/p+1. The van der Waals surface area contributed by atoms with Gasteiger partial charge in [0.2, 0.25) is 0 Å². The van der Waals surface area contributed by atoms with E-state index in [4.69, 9.17) is 0 Å². The SMILES string of the molecule is C[n+]1ccc(C=Cc2ccc3nc(-c4ccccc4O)[nH]c3c2)cc1. The summed E-state index contributed by atoms with van der Waals surface area (Å²) in [7, 11) is 2.00. The molecule has 0 saturated heterocycles. The molecular weight excluding hydrogens is 310 g/mol. The molecule has 2 heterocycles. The quantitative estimate of drug-likeness (QED) is 0.560. The van der Waals surface area contributed by atoms with Crippen molar-refractivity contribution in [1.82, 2.24) is 9.97 Å². The van der Waals surface area contributed by atoms with Gasteiger partial charge in [-0.3, -0.25) is 0 Å². The van der Waals surface area contributed by atoms with Gasteiger partial charge in [-0.2, -0.15) is 0 Å². The minimum absolute atomic E-state index is 0.221. The summed E-state index contributed by atoms with van der Waals surface area (Å²) >= 11 is 0. The number of hydrogen-bond donors (Lipinski definition) is 2. The van der Waals surface area contributed by atoms with Gasteiger partial charge in [-0.1, -0.05) is 30.4 Å². The van der Waals surface area contributed by atoms with Gasteiger partial charge in [0, 0.05) is 12.1 Å². The van der Waals surface area contributed by atoms with Crippen LogP contribution in [0.3, 0.4) is 0 Å². The molecule has 0 radical (unpaired) electrons. The van der Waals surface area contributed by atoms with Gasteiger partial charge in [-0.25, -0.2) is 9.55 Å². The number of phenolic OH excluding ortho intramolecular Hbond substituents is 1. The molecule has 0 saturated carbocycles. The fraction of sp³-hybridized carbons (Fsp3) is 0.0476. The van der Waals surface area contributed by atoms with Crippen molar-refractivity contribution < 1.29 is 9.67 Å². The Balaban J connectivity index is 1.66. The third-order valence-electron chi connectivity index (χ3n) is 4.14. The number of pyridine rings is 1. The smallest absolute Gasteiger partial charge is 0.169 e. The third kappa shape index (κ3) is 3.15. The number of H-pyrrole nitrogens is 1. The largest absolute Gasteiger partial charge is 0.507 e. The van der Waals surface area contributed by atoms with Crippen molar-refractivity contribution in [3.63, 3.8) is 0 Å². The Bertz CT molecular complexity index is 1060. The topological polar surface area (TPSA) is 52.8 Å². The minimum Gasteiger partial charge on any atom is -0.507 e. The van der Waals surface area contributed by atoms with Crippen LogP contribution in [0.2, 0.25) is 0 Å². The minimum atomic E-state index is 0.221. The molecule has 4 nitrogen and oxygen atoms in total. The monoisotopic (exact) mass is 328 g/mol. The number of nitrogens with one attached hydrogen (secondary N) is 1. The number of benzene rings is 2. The molecule has 0 aliphatic carbocycles. The molecule has 0 atom stereocenters. The van der Waals surface area contributed by atoms with Crippen LogP contribution in [0.4, 0.5) is 0 Å². The van der Waals surface area contributed by atoms with Crippen LogP contribution in [-0.4, -0.2) is 15.1 Å². The van der Waals surface area contributed by atoms with Crippen LogP contribution >= 0.6 is 0 Å². The lowest BCUT2D eigenvalue weighted by Crippen LogP contribution is -2.25. The fourth-order valence-corrected chi connectivity index (χ4v) is 2.75. The van der Waals surface area contributed by atoms with Crippen molar-refractivity contribution in [3.05, 3.63) is 78.1 Å². The van der Waals surface area contributed by atoms with Crippen molar-refractivity contribution in [2.24, 2.45) is 7.05 Å². The van der Waals surface area contributed by atoms with Crippen molar-refractivity contribution in [2.75, 3.05) is 0 Å². The maximum atomic E-state index is 10.0. The molecular formula is C21H18N3O+. The van der Waals surface area contributed by atoms with Crippen molar-refractivity contribution in [1.29, 1.82) is 0 Å². The predicted octanol–water partition coefficient (Wildman–Crippen LogP) is 3.93. The van der Waals surface area contributed by atoms with E-state index in [2.05, 4.69) is 40.3 Å². The maximum absolute atomic E-state index is 10.0. The highest BCUT2D eigenvalue weighted by Gasteiger charge is 2.08. The van der Waals surface area contributed by atoms with Gasteiger partial charge in [-0.15, -0.1) is 0 Å². The number of rotatable bonds is 3. The van der Waals surface area contributed by atoms with E-state index in [-0.39, 0.29) is 5.75 Å². The Morgan fingerprint density at radius 2 is 1.72 bits per heavy atom. The molecule has 0 fully saturated rings. The number of hydrogen-bond acceptors (Lipinski definition) is 2. The lowest BCUT2D eigenvalue weighted by atomic mass is 10.1. The molecule has 4 rings (SSSR count). The lowest BCUT2D eigenvalue weighted by molar-refractivity contribution is -0.671. The third-order valence-corrected chi connectivity index (χ3v) is 4.14. The summed E-state index contributed by atoms with van der Waals surface area (Å²) in [6.45, 7) is 0. The number of aromatic nitrogens is 3. The van der Waals surface area contributed by atoms with E-state index >= 15 is 0 Å². The summed E-state index contributed by atoms with van der Waals surface area (Å²) in [4.78, 5) is 7.86. The second-order valence-corrected chi connectivity index (χ2v) is 6.01. The van der Waals surface area contributed by atoms with E-state index in [9.17, 15) is 5.11 Å². The van der Waals surface area contributed by atoms with Crippen LogP contribution < -0.4 is 4.57 Å². The Morgan fingerprint density at radius 3 is 2.52 bits per heavy atom. The molecule has 2 aromatic heterocycles. The first-order valence-electron chi connectivity index (χ1n) is 8.10. The summed E-state index contributed by atoms with van der Waals surface area (Å²) < 4.78 is 2.01.